The Morgan fingerprint density at radius 3 is 2.67 bits per heavy atom. The minimum Gasteiger partial charge on any atom is -0.399 e. The van der Waals surface area contributed by atoms with Gasteiger partial charge in [0.25, 0.3) is 5.91 Å². The Morgan fingerprint density at radius 2 is 2.06 bits per heavy atom. The molecule has 0 aliphatic carbocycles. The molecule has 1 aliphatic heterocycles. The van der Waals surface area contributed by atoms with Gasteiger partial charge in [-0.3, -0.25) is 14.9 Å². The molecule has 1 aromatic rings. The average Bonchev–Trinajstić information content (AvgIpc) is 2.24. The number of piperazine rings is 1. The lowest BCUT2D eigenvalue weighted by atomic mass is 9.97. The number of imide groups is 1. The van der Waals surface area contributed by atoms with Gasteiger partial charge in [0, 0.05) is 5.69 Å². The van der Waals surface area contributed by atoms with Crippen LogP contribution in [0.15, 0.2) is 18.2 Å². The van der Waals surface area contributed by atoms with Gasteiger partial charge in [0.1, 0.15) is 11.4 Å². The summed E-state index contributed by atoms with van der Waals surface area (Å²) in [4.78, 5) is 24.6. The van der Waals surface area contributed by atoms with E-state index in [0.29, 0.717) is 5.69 Å². The van der Waals surface area contributed by atoms with Gasteiger partial charge in [0.15, 0.2) is 0 Å². The lowest BCUT2D eigenvalue weighted by Crippen LogP contribution is -2.64. The number of benzene rings is 1. The molecule has 1 aliphatic rings. The van der Waals surface area contributed by atoms with Crippen molar-refractivity contribution < 1.29 is 14.0 Å². The number of nitrogen functional groups attached to an aromatic ring is 1. The first-order valence-electron chi connectivity index (χ1n) is 5.49. The number of anilines is 2. The number of nitrogens with two attached hydrogens (primary N) is 1. The van der Waals surface area contributed by atoms with Gasteiger partial charge in [0.05, 0.1) is 12.2 Å². The topological polar surface area (TPSA) is 75.4 Å². The number of hydrogen-bond donors (Lipinski definition) is 2. The van der Waals surface area contributed by atoms with Crippen molar-refractivity contribution in [2.24, 2.45) is 0 Å². The highest BCUT2D eigenvalue weighted by atomic mass is 19.1. The fourth-order valence-corrected chi connectivity index (χ4v) is 1.91. The van der Waals surface area contributed by atoms with Crippen molar-refractivity contribution in [1.29, 1.82) is 0 Å². The van der Waals surface area contributed by atoms with Gasteiger partial charge in [-0.1, -0.05) is 0 Å². The summed E-state index contributed by atoms with van der Waals surface area (Å²) in [7, 11) is 0. The van der Waals surface area contributed by atoms with Crippen molar-refractivity contribution in [3.63, 3.8) is 0 Å². The van der Waals surface area contributed by atoms with Gasteiger partial charge >= 0.3 is 0 Å². The molecule has 1 aromatic carbocycles. The first-order valence-corrected chi connectivity index (χ1v) is 5.49. The lowest BCUT2D eigenvalue weighted by molar-refractivity contribution is -0.135. The number of amides is 2. The van der Waals surface area contributed by atoms with E-state index in [-0.39, 0.29) is 12.2 Å². The molecule has 0 aromatic heterocycles. The second kappa shape index (κ2) is 3.97. The first-order chi connectivity index (χ1) is 8.32. The van der Waals surface area contributed by atoms with Gasteiger partial charge in [-0.25, -0.2) is 4.39 Å². The van der Waals surface area contributed by atoms with Crippen LogP contribution in [0.5, 0.6) is 0 Å². The van der Waals surface area contributed by atoms with Crippen LogP contribution in [0.4, 0.5) is 15.8 Å². The van der Waals surface area contributed by atoms with Crippen LogP contribution in [0.25, 0.3) is 0 Å². The molecular formula is C12H14FN3O2. The fraction of sp³-hybridized carbons (Fsp3) is 0.333. The number of carbonyl (C=O) groups excluding carboxylic acids is 2. The average molecular weight is 251 g/mol. The van der Waals surface area contributed by atoms with Gasteiger partial charge in [0.2, 0.25) is 5.91 Å². The van der Waals surface area contributed by atoms with Crippen LogP contribution < -0.4 is 16.0 Å². The zero-order chi connectivity index (χ0) is 13.5. The van der Waals surface area contributed by atoms with Crippen LogP contribution in [0, 0.1) is 5.82 Å². The summed E-state index contributed by atoms with van der Waals surface area (Å²) in [5.74, 6) is -1.45. The summed E-state index contributed by atoms with van der Waals surface area (Å²) in [5.41, 5.74) is 4.96. The highest BCUT2D eigenvalue weighted by Crippen LogP contribution is 2.29. The second-order valence-corrected chi connectivity index (χ2v) is 4.73. The molecule has 0 saturated carbocycles. The summed E-state index contributed by atoms with van der Waals surface area (Å²) in [5, 5.41) is 2.23. The van der Waals surface area contributed by atoms with Crippen LogP contribution in [-0.2, 0) is 9.59 Å². The molecular weight excluding hydrogens is 237 g/mol. The van der Waals surface area contributed by atoms with E-state index in [0.717, 1.165) is 0 Å². The molecule has 6 heteroatoms. The van der Waals surface area contributed by atoms with E-state index in [2.05, 4.69) is 5.32 Å². The summed E-state index contributed by atoms with van der Waals surface area (Å²) >= 11 is 0. The highest BCUT2D eigenvalue weighted by Gasteiger charge is 2.41. The quantitative estimate of drug-likeness (QED) is 0.567. The molecule has 1 heterocycles. The number of nitrogens with one attached hydrogen (secondary N) is 1. The second-order valence-electron chi connectivity index (χ2n) is 4.73. The number of nitrogens with zero attached hydrogens (tertiary/aromatic N) is 1. The van der Waals surface area contributed by atoms with Crippen molar-refractivity contribution in [3.8, 4) is 0 Å². The third kappa shape index (κ3) is 1.90. The summed E-state index contributed by atoms with van der Waals surface area (Å²) in [6.45, 7) is 3.19. The summed E-state index contributed by atoms with van der Waals surface area (Å²) in [6.07, 6.45) is 0. The molecule has 0 spiro atoms. The Labute approximate surface area is 104 Å². The smallest absolute Gasteiger partial charge is 0.251 e. The van der Waals surface area contributed by atoms with Crippen molar-refractivity contribution in [3.05, 3.63) is 24.0 Å². The van der Waals surface area contributed by atoms with E-state index >= 15 is 0 Å². The maximum atomic E-state index is 13.9. The van der Waals surface area contributed by atoms with Crippen LogP contribution in [-0.4, -0.2) is 23.9 Å². The molecule has 1 fully saturated rings. The van der Waals surface area contributed by atoms with E-state index in [4.69, 9.17) is 5.73 Å². The van der Waals surface area contributed by atoms with Crippen molar-refractivity contribution >= 4 is 23.2 Å². The number of rotatable bonds is 1. The third-order valence-electron chi connectivity index (χ3n) is 3.05. The molecule has 0 unspecified atom stereocenters. The fourth-order valence-electron chi connectivity index (χ4n) is 1.91. The Hall–Kier alpha value is -2.11. The molecule has 3 N–H and O–H groups in total. The molecule has 0 bridgehead atoms. The van der Waals surface area contributed by atoms with Crippen molar-refractivity contribution in [1.82, 2.24) is 5.32 Å². The molecule has 18 heavy (non-hydrogen) atoms. The first kappa shape index (κ1) is 12.3. The highest BCUT2D eigenvalue weighted by molar-refractivity contribution is 6.06. The van der Waals surface area contributed by atoms with E-state index in [1.54, 1.807) is 13.8 Å². The normalized spacial score (nSPS) is 18.7. The largest absolute Gasteiger partial charge is 0.399 e. The van der Waals surface area contributed by atoms with Crippen molar-refractivity contribution in [2.45, 2.75) is 19.4 Å². The third-order valence-corrected chi connectivity index (χ3v) is 3.05. The molecule has 0 atom stereocenters. The zero-order valence-electron chi connectivity index (χ0n) is 10.2. The van der Waals surface area contributed by atoms with Crippen molar-refractivity contribution in [2.75, 3.05) is 17.2 Å². The van der Waals surface area contributed by atoms with E-state index in [1.807, 2.05) is 0 Å². The maximum absolute atomic E-state index is 13.9. The molecule has 2 rings (SSSR count). The molecule has 0 radical (unpaired) electrons. The van der Waals surface area contributed by atoms with E-state index < -0.39 is 23.2 Å². The number of halogens is 1. The molecule has 96 valence electrons. The Kier molecular flexibility index (Phi) is 2.73. The molecule has 1 saturated heterocycles. The van der Waals surface area contributed by atoms with Crippen LogP contribution >= 0.6 is 0 Å². The molecule has 5 nitrogen and oxygen atoms in total. The number of hydrogen-bond acceptors (Lipinski definition) is 4. The van der Waals surface area contributed by atoms with Gasteiger partial charge in [-0.15, -0.1) is 0 Å². The van der Waals surface area contributed by atoms with Gasteiger partial charge in [-0.05, 0) is 32.0 Å². The van der Waals surface area contributed by atoms with Gasteiger partial charge in [-0.2, -0.15) is 0 Å². The maximum Gasteiger partial charge on any atom is 0.251 e. The van der Waals surface area contributed by atoms with Crippen LogP contribution in [0.2, 0.25) is 0 Å². The predicted molar refractivity (Wildman–Crippen MR) is 65.4 cm³/mol. The zero-order valence-corrected chi connectivity index (χ0v) is 10.2. The van der Waals surface area contributed by atoms with E-state index in [9.17, 15) is 14.0 Å². The SMILES string of the molecule is CC1(C)C(=O)NC(=O)CN1c1ccc(N)cc1F. The van der Waals surface area contributed by atoms with E-state index in [1.165, 1.54) is 23.1 Å². The minimum absolute atomic E-state index is 0.0699. The standard InChI is InChI=1S/C12H14FN3O2/c1-12(2)11(18)15-10(17)6-16(12)9-4-3-7(14)5-8(9)13/h3-5H,6,14H2,1-2H3,(H,15,17,18). The minimum atomic E-state index is -0.995. The van der Waals surface area contributed by atoms with Crippen LogP contribution in [0.1, 0.15) is 13.8 Å². The Morgan fingerprint density at radius 1 is 1.39 bits per heavy atom. The monoisotopic (exact) mass is 251 g/mol. The summed E-state index contributed by atoms with van der Waals surface area (Å²) in [6, 6.07) is 4.17. The Balaban J connectivity index is 2.47. The predicted octanol–water partition coefficient (Wildman–Crippen LogP) is 0.649. The van der Waals surface area contributed by atoms with Crippen LogP contribution in [0.3, 0.4) is 0 Å². The molecule has 2 amide bonds. The number of carbonyl (C=O) groups is 2. The Bertz CT molecular complexity index is 528. The lowest BCUT2D eigenvalue weighted by Gasteiger charge is -2.41. The summed E-state index contributed by atoms with van der Waals surface area (Å²) < 4.78 is 13.9. The van der Waals surface area contributed by atoms with Gasteiger partial charge < -0.3 is 10.6 Å².